The Labute approximate surface area is 193 Å². The lowest BCUT2D eigenvalue weighted by molar-refractivity contribution is -0.158. The molecule has 0 unspecified atom stereocenters. The number of aryl methyl sites for hydroxylation is 1. The molecule has 6 nitrogen and oxygen atoms in total. The number of halogens is 2. The molecule has 33 heavy (non-hydrogen) atoms. The highest BCUT2D eigenvalue weighted by molar-refractivity contribution is 6.00. The second-order valence-corrected chi connectivity index (χ2v) is 9.03. The van der Waals surface area contributed by atoms with E-state index < -0.39 is 6.11 Å². The molecule has 0 saturated heterocycles. The Kier molecular flexibility index (Phi) is 6.41. The summed E-state index contributed by atoms with van der Waals surface area (Å²) in [6, 6.07) is 10.6. The molecular weight excluding hydrogens is 426 g/mol. The molecule has 2 aromatic carbocycles. The second kappa shape index (κ2) is 9.11. The highest BCUT2D eigenvalue weighted by Crippen LogP contribution is 2.32. The van der Waals surface area contributed by atoms with Crippen molar-refractivity contribution in [1.82, 2.24) is 20.2 Å². The van der Waals surface area contributed by atoms with Crippen LogP contribution in [0.3, 0.4) is 0 Å². The first-order valence-electron chi connectivity index (χ1n) is 11.0. The largest absolute Gasteiger partial charge is 0.433 e. The van der Waals surface area contributed by atoms with Gasteiger partial charge in [-0.1, -0.05) is 18.2 Å². The molecule has 0 aromatic heterocycles. The lowest BCUT2D eigenvalue weighted by Gasteiger charge is -2.18. The number of hydrogen-bond acceptors (Lipinski definition) is 5. The van der Waals surface area contributed by atoms with E-state index in [1.54, 1.807) is 17.0 Å². The zero-order valence-electron chi connectivity index (χ0n) is 19.5. The highest BCUT2D eigenvalue weighted by Gasteiger charge is 2.30. The fourth-order valence-corrected chi connectivity index (χ4v) is 4.22. The number of carbonyl (C=O) groups is 1. The van der Waals surface area contributed by atoms with Crippen molar-refractivity contribution < 1.29 is 18.3 Å². The van der Waals surface area contributed by atoms with E-state index >= 15 is 0 Å². The van der Waals surface area contributed by atoms with Gasteiger partial charge in [0.1, 0.15) is 5.75 Å². The van der Waals surface area contributed by atoms with Crippen molar-refractivity contribution in [2.45, 2.75) is 33.0 Å². The standard InChI is InChI=1S/C25H30F2N4O2/c1-17-11-19(21-13-28-31(16-21)10-9-29(3)4)12-20-15-30(24(32)23(17)20)14-18-5-7-22(8-6-18)33-25(2,26)27/h5-8,11-12,16,28H,9-10,13-15H2,1-4H3. The Morgan fingerprint density at radius 1 is 1.18 bits per heavy atom. The minimum atomic E-state index is -3.23. The average molecular weight is 457 g/mol. The van der Waals surface area contributed by atoms with E-state index in [4.69, 9.17) is 0 Å². The number of carbonyl (C=O) groups excluding carboxylic acids is 1. The zero-order chi connectivity index (χ0) is 23.8. The molecular formula is C25H30F2N4O2. The first-order valence-corrected chi connectivity index (χ1v) is 11.0. The number of ether oxygens (including phenoxy) is 1. The van der Waals surface area contributed by atoms with E-state index in [-0.39, 0.29) is 11.7 Å². The predicted molar refractivity (Wildman–Crippen MR) is 124 cm³/mol. The van der Waals surface area contributed by atoms with Gasteiger partial charge < -0.3 is 19.5 Å². The van der Waals surface area contributed by atoms with Crippen molar-refractivity contribution in [3.05, 3.63) is 70.4 Å². The van der Waals surface area contributed by atoms with Gasteiger partial charge in [0, 0.05) is 51.4 Å². The first kappa shape index (κ1) is 23.2. The van der Waals surface area contributed by atoms with Crippen LogP contribution in [0.1, 0.15) is 39.5 Å². The van der Waals surface area contributed by atoms with Crippen molar-refractivity contribution in [2.75, 3.05) is 33.7 Å². The summed E-state index contributed by atoms with van der Waals surface area (Å²) in [5.74, 6) is 0.0986. The van der Waals surface area contributed by atoms with Gasteiger partial charge in [-0.25, -0.2) is 5.43 Å². The Balaban J connectivity index is 1.46. The summed E-state index contributed by atoms with van der Waals surface area (Å²) in [5.41, 5.74) is 9.34. The monoisotopic (exact) mass is 456 g/mol. The number of hydrogen-bond donors (Lipinski definition) is 1. The normalized spacial score (nSPS) is 16.0. The quantitative estimate of drug-likeness (QED) is 0.654. The smallest absolute Gasteiger partial charge is 0.394 e. The molecule has 1 N–H and O–H groups in total. The second-order valence-electron chi connectivity index (χ2n) is 9.03. The summed E-state index contributed by atoms with van der Waals surface area (Å²) >= 11 is 0. The summed E-state index contributed by atoms with van der Waals surface area (Å²) in [6.45, 7) is 6.23. The number of amides is 1. The first-order chi connectivity index (χ1) is 15.6. The summed E-state index contributed by atoms with van der Waals surface area (Å²) < 4.78 is 30.6. The number of likely N-dealkylation sites (N-methyl/N-ethyl adjacent to an activating group) is 1. The van der Waals surface area contributed by atoms with Gasteiger partial charge in [0.15, 0.2) is 0 Å². The van der Waals surface area contributed by atoms with E-state index in [0.29, 0.717) is 20.0 Å². The number of fused-ring (bicyclic) bond motifs is 1. The number of rotatable bonds is 8. The van der Waals surface area contributed by atoms with Crippen molar-refractivity contribution in [1.29, 1.82) is 0 Å². The van der Waals surface area contributed by atoms with Gasteiger partial charge in [-0.3, -0.25) is 4.79 Å². The van der Waals surface area contributed by atoms with E-state index in [1.165, 1.54) is 17.7 Å². The van der Waals surface area contributed by atoms with Crippen LogP contribution in [0, 0.1) is 6.92 Å². The van der Waals surface area contributed by atoms with Crippen LogP contribution in [-0.2, 0) is 13.1 Å². The molecule has 0 fully saturated rings. The topological polar surface area (TPSA) is 48.0 Å². The van der Waals surface area contributed by atoms with Gasteiger partial charge in [-0.2, -0.15) is 8.78 Å². The van der Waals surface area contributed by atoms with Crippen LogP contribution in [0.5, 0.6) is 5.75 Å². The number of benzene rings is 2. The van der Waals surface area contributed by atoms with Crippen LogP contribution in [0.25, 0.3) is 5.57 Å². The molecule has 4 rings (SSSR count). The number of hydrazine groups is 1. The van der Waals surface area contributed by atoms with Gasteiger partial charge in [-0.05, 0) is 67.0 Å². The van der Waals surface area contributed by atoms with Crippen molar-refractivity contribution in [3.63, 3.8) is 0 Å². The van der Waals surface area contributed by atoms with Crippen LogP contribution >= 0.6 is 0 Å². The number of alkyl halides is 2. The Morgan fingerprint density at radius 3 is 2.58 bits per heavy atom. The maximum absolute atomic E-state index is 13.1. The van der Waals surface area contributed by atoms with Crippen LogP contribution in [0.4, 0.5) is 8.78 Å². The van der Waals surface area contributed by atoms with E-state index in [9.17, 15) is 13.6 Å². The third kappa shape index (κ3) is 5.51. The Bertz CT molecular complexity index is 1060. The average Bonchev–Trinajstić information content (AvgIpc) is 3.32. The SMILES string of the molecule is Cc1cc(C2=CN(CCN(C)C)NC2)cc2c1C(=O)N(Cc1ccc(OC(C)(F)F)cc1)C2. The molecule has 2 aliphatic rings. The zero-order valence-corrected chi connectivity index (χ0v) is 19.5. The molecule has 176 valence electrons. The molecule has 0 radical (unpaired) electrons. The fraction of sp³-hybridized carbons (Fsp3) is 0.400. The van der Waals surface area contributed by atoms with Gasteiger partial charge >= 0.3 is 6.11 Å². The summed E-state index contributed by atoms with van der Waals surface area (Å²) in [6.07, 6.45) is -1.08. The lowest BCUT2D eigenvalue weighted by Crippen LogP contribution is -2.34. The van der Waals surface area contributed by atoms with Crippen molar-refractivity contribution >= 4 is 11.5 Å². The summed E-state index contributed by atoms with van der Waals surface area (Å²) in [5, 5.41) is 2.11. The predicted octanol–water partition coefficient (Wildman–Crippen LogP) is 3.87. The van der Waals surface area contributed by atoms with Crippen molar-refractivity contribution in [3.8, 4) is 5.75 Å². The minimum Gasteiger partial charge on any atom is -0.433 e. The van der Waals surface area contributed by atoms with Crippen LogP contribution < -0.4 is 10.2 Å². The van der Waals surface area contributed by atoms with E-state index in [2.05, 4.69) is 52.5 Å². The number of nitrogens with one attached hydrogen (secondary N) is 1. The molecule has 0 saturated carbocycles. The summed E-state index contributed by atoms with van der Waals surface area (Å²) in [4.78, 5) is 17.0. The molecule has 2 aliphatic heterocycles. The highest BCUT2D eigenvalue weighted by atomic mass is 19.3. The molecule has 2 heterocycles. The third-order valence-electron chi connectivity index (χ3n) is 5.82. The van der Waals surface area contributed by atoms with Gasteiger partial charge in [-0.15, -0.1) is 0 Å². The molecule has 1 amide bonds. The minimum absolute atomic E-state index is 0.000559. The number of nitrogens with zero attached hydrogens (tertiary/aromatic N) is 3. The van der Waals surface area contributed by atoms with Gasteiger partial charge in [0.25, 0.3) is 5.91 Å². The van der Waals surface area contributed by atoms with Gasteiger partial charge in [0.2, 0.25) is 0 Å². The van der Waals surface area contributed by atoms with E-state index in [0.717, 1.165) is 47.5 Å². The molecule has 0 aliphatic carbocycles. The van der Waals surface area contributed by atoms with Gasteiger partial charge in [0.05, 0.1) is 0 Å². The summed E-state index contributed by atoms with van der Waals surface area (Å²) in [7, 11) is 4.11. The molecule has 0 atom stereocenters. The van der Waals surface area contributed by atoms with Crippen LogP contribution in [0.2, 0.25) is 0 Å². The van der Waals surface area contributed by atoms with Crippen molar-refractivity contribution in [2.24, 2.45) is 0 Å². The lowest BCUT2D eigenvalue weighted by atomic mass is 9.97. The van der Waals surface area contributed by atoms with Crippen LogP contribution in [0.15, 0.2) is 42.6 Å². The van der Waals surface area contributed by atoms with Crippen LogP contribution in [-0.4, -0.2) is 60.6 Å². The Morgan fingerprint density at radius 2 is 1.91 bits per heavy atom. The maximum Gasteiger partial charge on any atom is 0.394 e. The third-order valence-corrected chi connectivity index (χ3v) is 5.82. The molecule has 0 spiro atoms. The fourth-order valence-electron chi connectivity index (χ4n) is 4.22. The molecule has 0 bridgehead atoms. The molecule has 2 aromatic rings. The van der Waals surface area contributed by atoms with E-state index in [1.807, 2.05) is 6.92 Å². The molecule has 8 heteroatoms. The Hall–Kier alpha value is -2.97. The maximum atomic E-state index is 13.1.